The fourth-order valence-corrected chi connectivity index (χ4v) is 4.36. The SMILES string of the molecule is CCCCCCc1cc2cc(-c3nc(-c4ccccc4)cs3)/c(=N/O)oc2cc1O. The fraction of sp³-hybridized carbons (Fsp3) is 0.250. The highest BCUT2D eigenvalue weighted by Crippen LogP contribution is 2.31. The third-order valence-corrected chi connectivity index (χ3v) is 6.02. The first-order chi connectivity index (χ1) is 14.7. The number of aromatic nitrogens is 1. The minimum absolute atomic E-state index is 0.0755. The molecule has 0 aliphatic carbocycles. The molecule has 4 rings (SSSR count). The second-order valence-corrected chi connectivity index (χ2v) is 8.16. The molecule has 2 N–H and O–H groups in total. The van der Waals surface area contributed by atoms with Crippen LogP contribution in [0, 0.1) is 0 Å². The maximum absolute atomic E-state index is 10.4. The maximum atomic E-state index is 10.4. The first-order valence-electron chi connectivity index (χ1n) is 10.2. The van der Waals surface area contributed by atoms with Crippen LogP contribution < -0.4 is 5.55 Å². The molecule has 2 heterocycles. The Balaban J connectivity index is 1.73. The lowest BCUT2D eigenvalue weighted by Gasteiger charge is -2.08. The largest absolute Gasteiger partial charge is 0.508 e. The van der Waals surface area contributed by atoms with Crippen LogP contribution in [0.1, 0.15) is 38.2 Å². The Bertz CT molecular complexity index is 1210. The maximum Gasteiger partial charge on any atom is 0.265 e. The summed E-state index contributed by atoms with van der Waals surface area (Å²) < 4.78 is 5.78. The van der Waals surface area contributed by atoms with Crippen molar-refractivity contribution in [3.8, 4) is 27.6 Å². The summed E-state index contributed by atoms with van der Waals surface area (Å²) in [6.07, 6.45) is 5.38. The second-order valence-electron chi connectivity index (χ2n) is 7.30. The van der Waals surface area contributed by atoms with Gasteiger partial charge >= 0.3 is 0 Å². The van der Waals surface area contributed by atoms with Crippen LogP contribution in [0.3, 0.4) is 0 Å². The third kappa shape index (κ3) is 4.24. The number of hydrogen-bond acceptors (Lipinski definition) is 6. The monoisotopic (exact) mass is 420 g/mol. The molecule has 30 heavy (non-hydrogen) atoms. The van der Waals surface area contributed by atoms with Crippen molar-refractivity contribution in [1.82, 2.24) is 4.98 Å². The molecule has 2 aromatic heterocycles. The Morgan fingerprint density at radius 1 is 1.07 bits per heavy atom. The Morgan fingerprint density at radius 3 is 2.67 bits per heavy atom. The third-order valence-electron chi connectivity index (χ3n) is 5.14. The smallest absolute Gasteiger partial charge is 0.265 e. The number of unbranched alkanes of at least 4 members (excludes halogenated alkanes) is 3. The summed E-state index contributed by atoms with van der Waals surface area (Å²) in [5, 5.41) is 26.7. The Kier molecular flexibility index (Phi) is 6.14. The van der Waals surface area contributed by atoms with Gasteiger partial charge in [-0.1, -0.05) is 56.5 Å². The van der Waals surface area contributed by atoms with Crippen LogP contribution in [0.5, 0.6) is 5.75 Å². The zero-order chi connectivity index (χ0) is 20.9. The van der Waals surface area contributed by atoms with E-state index in [9.17, 15) is 10.3 Å². The van der Waals surface area contributed by atoms with E-state index in [1.165, 1.54) is 24.2 Å². The van der Waals surface area contributed by atoms with Gasteiger partial charge < -0.3 is 14.7 Å². The van der Waals surface area contributed by atoms with Gasteiger partial charge in [-0.15, -0.1) is 11.3 Å². The van der Waals surface area contributed by atoms with E-state index < -0.39 is 0 Å². The number of rotatable bonds is 7. The van der Waals surface area contributed by atoms with Gasteiger partial charge in [0, 0.05) is 22.4 Å². The van der Waals surface area contributed by atoms with E-state index in [0.717, 1.165) is 41.5 Å². The predicted molar refractivity (Wildman–Crippen MR) is 120 cm³/mol. The molecule has 2 aromatic carbocycles. The lowest BCUT2D eigenvalue weighted by Crippen LogP contribution is -2.05. The van der Waals surface area contributed by atoms with Gasteiger partial charge in [0.2, 0.25) is 0 Å². The molecule has 6 heteroatoms. The summed E-state index contributed by atoms with van der Waals surface area (Å²) in [6.45, 7) is 2.18. The molecule has 5 nitrogen and oxygen atoms in total. The van der Waals surface area contributed by atoms with E-state index >= 15 is 0 Å². The van der Waals surface area contributed by atoms with Crippen LogP contribution in [-0.2, 0) is 6.42 Å². The van der Waals surface area contributed by atoms with Crippen molar-refractivity contribution in [2.24, 2.45) is 5.16 Å². The summed E-state index contributed by atoms with van der Waals surface area (Å²) in [4.78, 5) is 4.71. The molecule has 0 saturated heterocycles. The molecule has 0 aliphatic heterocycles. The molecular weight excluding hydrogens is 396 g/mol. The molecule has 154 valence electrons. The Labute approximate surface area is 179 Å². The van der Waals surface area contributed by atoms with E-state index in [4.69, 9.17) is 9.40 Å². The fourth-order valence-electron chi connectivity index (χ4n) is 3.52. The van der Waals surface area contributed by atoms with Crippen LogP contribution in [-0.4, -0.2) is 15.3 Å². The average Bonchev–Trinajstić information content (AvgIpc) is 3.27. The van der Waals surface area contributed by atoms with Crippen LogP contribution in [0.25, 0.3) is 32.8 Å². The van der Waals surface area contributed by atoms with E-state index in [0.29, 0.717) is 16.2 Å². The van der Waals surface area contributed by atoms with Crippen molar-refractivity contribution < 1.29 is 14.7 Å². The Hall–Kier alpha value is -3.12. The number of hydrogen-bond donors (Lipinski definition) is 2. The molecule has 0 radical (unpaired) electrons. The zero-order valence-electron chi connectivity index (χ0n) is 16.8. The number of fused-ring (bicyclic) bond motifs is 1. The quantitative estimate of drug-likeness (QED) is 0.208. The van der Waals surface area contributed by atoms with Crippen molar-refractivity contribution in [3.05, 3.63) is 65.0 Å². The first kappa shape index (κ1) is 20.2. The number of aryl methyl sites for hydroxylation is 1. The van der Waals surface area contributed by atoms with E-state index in [2.05, 4.69) is 12.1 Å². The van der Waals surface area contributed by atoms with Crippen LogP contribution in [0.2, 0.25) is 0 Å². The lowest BCUT2D eigenvalue weighted by molar-refractivity contribution is 0.277. The minimum Gasteiger partial charge on any atom is -0.508 e. The van der Waals surface area contributed by atoms with Crippen LogP contribution in [0.15, 0.2) is 63.5 Å². The van der Waals surface area contributed by atoms with Crippen molar-refractivity contribution in [2.75, 3.05) is 0 Å². The average molecular weight is 421 g/mol. The topological polar surface area (TPSA) is 78.9 Å². The summed E-state index contributed by atoms with van der Waals surface area (Å²) in [5.41, 5.74) is 3.96. The molecule has 0 saturated carbocycles. The number of nitrogens with zero attached hydrogens (tertiary/aromatic N) is 2. The number of benzene rings is 2. The summed E-state index contributed by atoms with van der Waals surface area (Å²) >= 11 is 1.47. The van der Waals surface area contributed by atoms with Crippen LogP contribution in [0.4, 0.5) is 0 Å². The van der Waals surface area contributed by atoms with E-state index in [1.807, 2.05) is 47.8 Å². The van der Waals surface area contributed by atoms with Crippen molar-refractivity contribution in [2.45, 2.75) is 39.0 Å². The zero-order valence-corrected chi connectivity index (χ0v) is 17.7. The molecule has 0 spiro atoms. The van der Waals surface area contributed by atoms with Gasteiger partial charge in [0.15, 0.2) is 0 Å². The summed E-state index contributed by atoms with van der Waals surface area (Å²) in [7, 11) is 0. The van der Waals surface area contributed by atoms with Gasteiger partial charge in [0.25, 0.3) is 5.55 Å². The van der Waals surface area contributed by atoms with E-state index in [-0.39, 0.29) is 11.3 Å². The molecule has 0 unspecified atom stereocenters. The molecule has 0 atom stereocenters. The van der Waals surface area contributed by atoms with Crippen molar-refractivity contribution >= 4 is 22.3 Å². The van der Waals surface area contributed by atoms with Crippen molar-refractivity contribution in [1.29, 1.82) is 0 Å². The highest BCUT2D eigenvalue weighted by atomic mass is 32.1. The number of phenolic OH excluding ortho intramolecular Hbond substituents is 1. The summed E-state index contributed by atoms with van der Waals surface area (Å²) in [6, 6.07) is 15.4. The van der Waals surface area contributed by atoms with Gasteiger partial charge in [-0.05, 0) is 35.7 Å². The second kappa shape index (κ2) is 9.13. The Morgan fingerprint density at radius 2 is 1.90 bits per heavy atom. The summed E-state index contributed by atoms with van der Waals surface area (Å²) in [5.74, 6) is 0.208. The number of phenols is 1. The molecule has 0 fully saturated rings. The number of thiazole rings is 1. The molecular formula is C24H24N2O3S. The van der Waals surface area contributed by atoms with Gasteiger partial charge in [-0.2, -0.15) is 0 Å². The van der Waals surface area contributed by atoms with Gasteiger partial charge in [-0.3, -0.25) is 0 Å². The first-order valence-corrected chi connectivity index (χ1v) is 11.1. The molecule has 0 bridgehead atoms. The van der Waals surface area contributed by atoms with Crippen molar-refractivity contribution in [3.63, 3.8) is 0 Å². The van der Waals surface area contributed by atoms with E-state index in [1.54, 1.807) is 6.07 Å². The van der Waals surface area contributed by atoms with Gasteiger partial charge in [-0.25, -0.2) is 4.98 Å². The highest BCUT2D eigenvalue weighted by molar-refractivity contribution is 7.13. The highest BCUT2D eigenvalue weighted by Gasteiger charge is 2.14. The van der Waals surface area contributed by atoms with Gasteiger partial charge in [0.05, 0.1) is 11.3 Å². The normalized spacial score (nSPS) is 12.0. The standard InChI is InChI=1S/C24H24N2O3S/c1-2-3-4-6-11-17-12-18-13-19(23(26-28)29-22(18)14-21(17)27)24-25-20(15-30-24)16-9-7-5-8-10-16/h5,7-10,12-15,27-28H,2-4,6,11H2,1H3/b26-23-. The molecule has 0 aliphatic rings. The minimum atomic E-state index is 0.0755. The number of aromatic hydroxyl groups is 1. The molecule has 0 amide bonds. The predicted octanol–water partition coefficient (Wildman–Crippen LogP) is 6.34. The molecule has 4 aromatic rings. The van der Waals surface area contributed by atoms with Gasteiger partial charge in [0.1, 0.15) is 16.3 Å². The lowest BCUT2D eigenvalue weighted by atomic mass is 10.0. The van der Waals surface area contributed by atoms with Crippen LogP contribution >= 0.6 is 11.3 Å².